The fourth-order valence-electron chi connectivity index (χ4n) is 2.61. The Labute approximate surface area is 130 Å². The van der Waals surface area contributed by atoms with E-state index in [9.17, 15) is 4.79 Å². The lowest BCUT2D eigenvalue weighted by molar-refractivity contribution is -0.122. The van der Waals surface area contributed by atoms with Gasteiger partial charge >= 0.3 is 0 Å². The second kappa shape index (κ2) is 8.17. The monoisotopic (exact) mass is 308 g/mol. The quantitative estimate of drug-likeness (QED) is 0.793. The summed E-state index contributed by atoms with van der Waals surface area (Å²) in [4.78, 5) is 11.9. The summed E-state index contributed by atoms with van der Waals surface area (Å²) in [6, 6.07) is 7.68. The Balaban J connectivity index is 1.65. The number of anilines is 1. The van der Waals surface area contributed by atoms with Gasteiger partial charge < -0.3 is 15.8 Å². The number of hydrogen-bond acceptors (Lipinski definition) is 4. The Morgan fingerprint density at radius 2 is 2.05 bits per heavy atom. The molecule has 0 aromatic heterocycles. The van der Waals surface area contributed by atoms with Crippen LogP contribution in [0, 0.1) is 0 Å². The van der Waals surface area contributed by atoms with Crippen molar-refractivity contribution in [1.29, 1.82) is 0 Å². The minimum atomic E-state index is 0.0668. The van der Waals surface area contributed by atoms with Crippen LogP contribution in [0.5, 0.6) is 5.75 Å². The van der Waals surface area contributed by atoms with Crippen LogP contribution in [0.15, 0.2) is 24.3 Å². The predicted molar refractivity (Wildman–Crippen MR) is 88.7 cm³/mol. The molecule has 0 atom stereocenters. The molecule has 1 aliphatic carbocycles. The third-order valence-corrected chi connectivity index (χ3v) is 5.02. The number of amides is 1. The lowest BCUT2D eigenvalue weighted by Crippen LogP contribution is -2.38. The van der Waals surface area contributed by atoms with Gasteiger partial charge in [0, 0.05) is 11.3 Å². The Morgan fingerprint density at radius 1 is 1.33 bits per heavy atom. The van der Waals surface area contributed by atoms with Crippen LogP contribution in [0.3, 0.4) is 0 Å². The molecule has 1 fully saturated rings. The second-order valence-electron chi connectivity index (χ2n) is 5.41. The molecule has 3 N–H and O–H groups in total. The van der Waals surface area contributed by atoms with E-state index in [1.54, 1.807) is 6.07 Å². The molecule has 1 aromatic rings. The summed E-state index contributed by atoms with van der Waals surface area (Å²) in [5, 5.41) is 3.87. The van der Waals surface area contributed by atoms with Crippen molar-refractivity contribution in [3.8, 4) is 5.75 Å². The van der Waals surface area contributed by atoms with Crippen molar-refractivity contribution in [2.45, 2.75) is 43.4 Å². The van der Waals surface area contributed by atoms with Gasteiger partial charge in [0.05, 0.1) is 18.7 Å². The zero-order valence-electron chi connectivity index (χ0n) is 12.5. The predicted octanol–water partition coefficient (Wildman–Crippen LogP) is 2.83. The average molecular weight is 308 g/mol. The molecule has 0 saturated heterocycles. The average Bonchev–Trinajstić information content (AvgIpc) is 2.50. The highest BCUT2D eigenvalue weighted by Crippen LogP contribution is 2.26. The Bertz CT molecular complexity index is 459. The smallest absolute Gasteiger partial charge is 0.223 e. The minimum absolute atomic E-state index is 0.0668. The number of thioether (sulfide) groups is 1. The highest BCUT2D eigenvalue weighted by molar-refractivity contribution is 7.99. The number of hydrogen-bond donors (Lipinski definition) is 2. The minimum Gasteiger partial charge on any atom is -0.491 e. The van der Waals surface area contributed by atoms with Crippen LogP contribution in [-0.4, -0.2) is 30.1 Å². The van der Waals surface area contributed by atoms with Crippen LogP contribution in [0.25, 0.3) is 0 Å². The van der Waals surface area contributed by atoms with Crippen molar-refractivity contribution in [1.82, 2.24) is 5.32 Å². The van der Waals surface area contributed by atoms with Gasteiger partial charge in [0.15, 0.2) is 0 Å². The maximum atomic E-state index is 11.9. The Morgan fingerprint density at radius 3 is 2.71 bits per heavy atom. The molecule has 5 heteroatoms. The number of ether oxygens (including phenoxy) is 1. The van der Waals surface area contributed by atoms with E-state index in [2.05, 4.69) is 11.6 Å². The van der Waals surface area contributed by atoms with Gasteiger partial charge in [-0.1, -0.05) is 12.1 Å². The third-order valence-electron chi connectivity index (χ3n) is 3.88. The lowest BCUT2D eigenvalue weighted by Gasteiger charge is -2.28. The van der Waals surface area contributed by atoms with Crippen molar-refractivity contribution in [2.75, 3.05) is 18.6 Å². The third kappa shape index (κ3) is 5.16. The number of para-hydroxylation sites is 2. The second-order valence-corrected chi connectivity index (χ2v) is 6.55. The SMILES string of the molecule is CSC1CCC(NC(=O)CCOc2ccccc2N)CC1. The summed E-state index contributed by atoms with van der Waals surface area (Å²) >= 11 is 1.93. The van der Waals surface area contributed by atoms with E-state index in [1.807, 2.05) is 30.0 Å². The molecule has 0 aliphatic heterocycles. The van der Waals surface area contributed by atoms with Crippen LogP contribution in [0.1, 0.15) is 32.1 Å². The van der Waals surface area contributed by atoms with Crippen LogP contribution in [0.4, 0.5) is 5.69 Å². The standard InChI is InChI=1S/C16H24N2O2S/c1-21-13-8-6-12(7-9-13)18-16(19)10-11-20-15-5-3-2-4-14(15)17/h2-5,12-13H,6-11,17H2,1H3,(H,18,19). The fourth-order valence-corrected chi connectivity index (χ4v) is 3.35. The number of rotatable bonds is 6. The number of nitrogens with one attached hydrogen (secondary N) is 1. The van der Waals surface area contributed by atoms with Crippen molar-refractivity contribution in [3.63, 3.8) is 0 Å². The van der Waals surface area contributed by atoms with E-state index in [-0.39, 0.29) is 5.91 Å². The molecule has 0 radical (unpaired) electrons. The molecule has 1 aromatic carbocycles. The topological polar surface area (TPSA) is 64.3 Å². The van der Waals surface area contributed by atoms with E-state index in [0.29, 0.717) is 30.5 Å². The van der Waals surface area contributed by atoms with Crippen molar-refractivity contribution in [3.05, 3.63) is 24.3 Å². The molecule has 1 amide bonds. The zero-order valence-corrected chi connectivity index (χ0v) is 13.3. The summed E-state index contributed by atoms with van der Waals surface area (Å²) < 4.78 is 5.54. The van der Waals surface area contributed by atoms with E-state index >= 15 is 0 Å². The maximum Gasteiger partial charge on any atom is 0.223 e. The van der Waals surface area contributed by atoms with Crippen molar-refractivity contribution >= 4 is 23.4 Å². The molecule has 21 heavy (non-hydrogen) atoms. The van der Waals surface area contributed by atoms with Crippen LogP contribution < -0.4 is 15.8 Å². The molecular weight excluding hydrogens is 284 g/mol. The summed E-state index contributed by atoms with van der Waals surface area (Å²) in [6.07, 6.45) is 7.10. The number of nitrogens with two attached hydrogens (primary N) is 1. The van der Waals surface area contributed by atoms with E-state index in [4.69, 9.17) is 10.5 Å². The molecule has 0 bridgehead atoms. The molecule has 0 unspecified atom stereocenters. The fraction of sp³-hybridized carbons (Fsp3) is 0.562. The first-order valence-electron chi connectivity index (χ1n) is 7.48. The van der Waals surface area contributed by atoms with Gasteiger partial charge in [0.1, 0.15) is 5.75 Å². The first-order valence-corrected chi connectivity index (χ1v) is 8.77. The van der Waals surface area contributed by atoms with Crippen LogP contribution in [-0.2, 0) is 4.79 Å². The number of carbonyl (C=O) groups excluding carboxylic acids is 1. The van der Waals surface area contributed by atoms with Crippen molar-refractivity contribution < 1.29 is 9.53 Å². The molecule has 116 valence electrons. The number of carbonyl (C=O) groups is 1. The maximum absolute atomic E-state index is 11.9. The number of benzene rings is 1. The Hall–Kier alpha value is -1.36. The van der Waals surface area contributed by atoms with Gasteiger partial charge in [-0.05, 0) is 44.1 Å². The molecule has 1 aliphatic rings. The number of nitrogen functional groups attached to an aromatic ring is 1. The van der Waals surface area contributed by atoms with Crippen molar-refractivity contribution in [2.24, 2.45) is 0 Å². The molecule has 4 nitrogen and oxygen atoms in total. The normalized spacial score (nSPS) is 21.8. The first-order chi connectivity index (χ1) is 10.2. The highest BCUT2D eigenvalue weighted by Gasteiger charge is 2.21. The Kier molecular flexibility index (Phi) is 6.23. The zero-order chi connectivity index (χ0) is 15.1. The van der Waals surface area contributed by atoms with Gasteiger partial charge in [-0.2, -0.15) is 11.8 Å². The molecule has 1 saturated carbocycles. The van der Waals surface area contributed by atoms with Gasteiger partial charge in [-0.3, -0.25) is 4.79 Å². The highest BCUT2D eigenvalue weighted by atomic mass is 32.2. The van der Waals surface area contributed by atoms with Gasteiger partial charge in [0.2, 0.25) is 5.91 Å². The van der Waals surface area contributed by atoms with E-state index < -0.39 is 0 Å². The van der Waals surface area contributed by atoms with Gasteiger partial charge in [-0.25, -0.2) is 0 Å². The van der Waals surface area contributed by atoms with E-state index in [1.165, 1.54) is 12.8 Å². The summed E-state index contributed by atoms with van der Waals surface area (Å²) in [5.74, 6) is 0.711. The molecular formula is C16H24N2O2S. The molecule has 2 rings (SSSR count). The largest absolute Gasteiger partial charge is 0.491 e. The molecule has 0 heterocycles. The summed E-state index contributed by atoms with van der Waals surface area (Å²) in [7, 11) is 0. The summed E-state index contributed by atoms with van der Waals surface area (Å²) in [5.41, 5.74) is 6.39. The lowest BCUT2D eigenvalue weighted by atomic mass is 9.95. The van der Waals surface area contributed by atoms with Crippen LogP contribution >= 0.6 is 11.8 Å². The first kappa shape index (κ1) is 16.0. The van der Waals surface area contributed by atoms with Gasteiger partial charge in [-0.15, -0.1) is 0 Å². The van der Waals surface area contributed by atoms with Gasteiger partial charge in [0.25, 0.3) is 0 Å². The van der Waals surface area contributed by atoms with Crippen LogP contribution in [0.2, 0.25) is 0 Å². The summed E-state index contributed by atoms with van der Waals surface area (Å²) in [6.45, 7) is 0.361. The molecule has 0 spiro atoms. The van der Waals surface area contributed by atoms with E-state index in [0.717, 1.165) is 18.1 Å².